The normalized spacial score (nSPS) is 15.6. The van der Waals surface area contributed by atoms with Gasteiger partial charge in [-0.2, -0.15) is 13.2 Å². The lowest BCUT2D eigenvalue weighted by molar-refractivity contribution is -0.138. The molecule has 2 heterocycles. The van der Waals surface area contributed by atoms with Gasteiger partial charge in [-0.25, -0.2) is 9.69 Å². The molecule has 1 aromatic heterocycles. The number of aryl methyl sites for hydroxylation is 2. The molecule has 0 aliphatic carbocycles. The average Bonchev–Trinajstić information content (AvgIpc) is 3.17. The predicted molar refractivity (Wildman–Crippen MR) is 105 cm³/mol. The highest BCUT2D eigenvalue weighted by Gasteiger charge is 2.40. The Morgan fingerprint density at radius 3 is 2.61 bits per heavy atom. The van der Waals surface area contributed by atoms with Crippen molar-refractivity contribution in [2.75, 3.05) is 6.54 Å². The first-order valence-corrected chi connectivity index (χ1v) is 9.24. The summed E-state index contributed by atoms with van der Waals surface area (Å²) in [5.41, 5.74) is 6.06. The lowest BCUT2D eigenvalue weighted by atomic mass is 10.1. The van der Waals surface area contributed by atoms with Gasteiger partial charge in [-0.1, -0.05) is 23.4 Å². The van der Waals surface area contributed by atoms with Crippen molar-refractivity contribution in [3.8, 4) is 0 Å². The summed E-state index contributed by atoms with van der Waals surface area (Å²) in [5, 5.41) is 3.82. The number of nitrogens with two attached hydrogens (primary N) is 1. The van der Waals surface area contributed by atoms with E-state index in [1.165, 1.54) is 24.4 Å². The van der Waals surface area contributed by atoms with Gasteiger partial charge in [0.25, 0.3) is 5.91 Å². The molecule has 3 rings (SSSR count). The maximum absolute atomic E-state index is 13.2. The molecular formula is C20H20F3N5O3. The molecule has 0 saturated carbocycles. The molecule has 0 atom stereocenters. The molecule has 2 N–H and O–H groups in total. The molecule has 11 heteroatoms. The van der Waals surface area contributed by atoms with Crippen LogP contribution in [0, 0.1) is 13.8 Å². The van der Waals surface area contributed by atoms with Crippen molar-refractivity contribution in [2.45, 2.75) is 33.1 Å². The van der Waals surface area contributed by atoms with Crippen LogP contribution >= 0.6 is 0 Å². The lowest BCUT2D eigenvalue weighted by Crippen LogP contribution is -2.33. The minimum absolute atomic E-state index is 0.0216. The Morgan fingerprint density at radius 1 is 1.29 bits per heavy atom. The summed E-state index contributed by atoms with van der Waals surface area (Å²) < 4.78 is 44.7. The van der Waals surface area contributed by atoms with Gasteiger partial charge in [-0.3, -0.25) is 9.79 Å². The third-order valence-corrected chi connectivity index (χ3v) is 4.80. The summed E-state index contributed by atoms with van der Waals surface area (Å²) in [6.07, 6.45) is -2.27. The van der Waals surface area contributed by atoms with Gasteiger partial charge in [-0.15, -0.1) is 0 Å². The van der Waals surface area contributed by atoms with E-state index in [9.17, 15) is 22.8 Å². The summed E-state index contributed by atoms with van der Waals surface area (Å²) in [6, 6.07) is 4.13. The number of rotatable bonds is 6. The molecule has 1 aliphatic heterocycles. The van der Waals surface area contributed by atoms with E-state index in [-0.39, 0.29) is 30.9 Å². The fourth-order valence-electron chi connectivity index (χ4n) is 3.20. The summed E-state index contributed by atoms with van der Waals surface area (Å²) >= 11 is 0. The van der Waals surface area contributed by atoms with E-state index < -0.39 is 23.7 Å². The Morgan fingerprint density at radius 2 is 2.00 bits per heavy atom. The zero-order valence-electron chi connectivity index (χ0n) is 16.8. The van der Waals surface area contributed by atoms with Crippen LogP contribution in [0.5, 0.6) is 0 Å². The Balaban J connectivity index is 1.76. The second-order valence-corrected chi connectivity index (χ2v) is 6.89. The van der Waals surface area contributed by atoms with Gasteiger partial charge in [0, 0.05) is 24.5 Å². The fraction of sp³-hybridized carbons (Fsp3) is 0.300. The number of urea groups is 1. The standard InChI is InChI=1S/C20H20F3N5O3/c1-12-16(13(2)31-26-12)9-25-8-15(7-24)28-18(29)11-27(19(28)30)10-14-5-3-4-6-17(14)20(21,22)23/h3-8H,9-11,24H2,1-2H3. The van der Waals surface area contributed by atoms with Crippen molar-refractivity contribution < 1.29 is 27.3 Å². The highest BCUT2D eigenvalue weighted by atomic mass is 19.4. The van der Waals surface area contributed by atoms with Gasteiger partial charge in [0.05, 0.1) is 23.5 Å². The summed E-state index contributed by atoms with van der Waals surface area (Å²) in [4.78, 5) is 31.2. The maximum Gasteiger partial charge on any atom is 0.416 e. The number of aliphatic imine (C=N–C) groups is 1. The van der Waals surface area contributed by atoms with Crippen LogP contribution in [0.15, 0.2) is 45.7 Å². The van der Waals surface area contributed by atoms with Gasteiger partial charge >= 0.3 is 12.2 Å². The number of carbonyl (C=O) groups is 2. The first kappa shape index (κ1) is 22.1. The number of benzene rings is 1. The van der Waals surface area contributed by atoms with E-state index in [4.69, 9.17) is 10.3 Å². The molecule has 2 aromatic rings. The molecular weight excluding hydrogens is 415 g/mol. The maximum atomic E-state index is 13.2. The highest BCUT2D eigenvalue weighted by molar-refractivity contribution is 6.07. The van der Waals surface area contributed by atoms with E-state index >= 15 is 0 Å². The quantitative estimate of drug-likeness (QED) is 0.554. The highest BCUT2D eigenvalue weighted by Crippen LogP contribution is 2.33. The number of amides is 3. The van der Waals surface area contributed by atoms with Crippen molar-refractivity contribution in [1.82, 2.24) is 15.0 Å². The number of hydrogen-bond acceptors (Lipinski definition) is 6. The summed E-state index contributed by atoms with van der Waals surface area (Å²) in [6.45, 7) is 2.93. The van der Waals surface area contributed by atoms with Gasteiger partial charge in [0.1, 0.15) is 12.3 Å². The van der Waals surface area contributed by atoms with Crippen LogP contribution in [-0.4, -0.2) is 39.7 Å². The summed E-state index contributed by atoms with van der Waals surface area (Å²) in [5.74, 6) is -0.0225. The zero-order chi connectivity index (χ0) is 22.8. The lowest BCUT2D eigenvalue weighted by Gasteiger charge is -2.19. The smallest absolute Gasteiger partial charge is 0.403 e. The van der Waals surface area contributed by atoms with Crippen molar-refractivity contribution >= 4 is 18.2 Å². The number of nitrogens with zero attached hydrogens (tertiary/aromatic N) is 4. The fourth-order valence-corrected chi connectivity index (χ4v) is 3.20. The van der Waals surface area contributed by atoms with Crippen LogP contribution in [0.3, 0.4) is 0 Å². The first-order chi connectivity index (χ1) is 14.6. The van der Waals surface area contributed by atoms with Crippen LogP contribution in [0.2, 0.25) is 0 Å². The second-order valence-electron chi connectivity index (χ2n) is 6.89. The average molecular weight is 435 g/mol. The van der Waals surface area contributed by atoms with Gasteiger partial charge in [-0.05, 0) is 25.5 Å². The number of allylic oxidation sites excluding steroid dienone is 1. The van der Waals surface area contributed by atoms with Crippen LogP contribution in [0.4, 0.5) is 18.0 Å². The third-order valence-electron chi connectivity index (χ3n) is 4.80. The van der Waals surface area contributed by atoms with Crippen LogP contribution in [-0.2, 0) is 24.1 Å². The van der Waals surface area contributed by atoms with Gasteiger partial charge in [0.15, 0.2) is 0 Å². The van der Waals surface area contributed by atoms with Gasteiger partial charge in [0.2, 0.25) is 0 Å². The number of aromatic nitrogens is 1. The number of halogens is 3. The largest absolute Gasteiger partial charge is 0.416 e. The van der Waals surface area contributed by atoms with Gasteiger partial charge < -0.3 is 15.2 Å². The molecule has 8 nitrogen and oxygen atoms in total. The third kappa shape index (κ3) is 4.60. The molecule has 164 valence electrons. The molecule has 0 radical (unpaired) electrons. The van der Waals surface area contributed by atoms with Crippen LogP contribution in [0.25, 0.3) is 0 Å². The molecule has 1 saturated heterocycles. The Kier molecular flexibility index (Phi) is 6.14. The van der Waals surface area contributed by atoms with E-state index in [1.54, 1.807) is 13.8 Å². The van der Waals surface area contributed by atoms with Crippen molar-refractivity contribution in [3.63, 3.8) is 0 Å². The number of alkyl halides is 3. The second kappa shape index (κ2) is 8.62. The Labute approximate surface area is 175 Å². The van der Waals surface area contributed by atoms with Crippen LogP contribution < -0.4 is 5.73 Å². The van der Waals surface area contributed by atoms with Crippen molar-refractivity contribution in [1.29, 1.82) is 0 Å². The molecule has 1 fully saturated rings. The number of carbonyl (C=O) groups excluding carboxylic acids is 2. The Hall–Kier alpha value is -3.63. The van der Waals surface area contributed by atoms with E-state index in [0.29, 0.717) is 11.5 Å². The minimum Gasteiger partial charge on any atom is -0.403 e. The first-order valence-electron chi connectivity index (χ1n) is 9.24. The van der Waals surface area contributed by atoms with E-state index in [2.05, 4.69) is 10.1 Å². The molecule has 1 aliphatic rings. The SMILES string of the molecule is Cc1noc(C)c1CN=CC(=CN)N1C(=O)CN(Cc2ccccc2C(F)(F)F)C1=O. The predicted octanol–water partition coefficient (Wildman–Crippen LogP) is 3.15. The van der Waals surface area contributed by atoms with E-state index in [0.717, 1.165) is 27.6 Å². The molecule has 3 amide bonds. The molecule has 0 spiro atoms. The zero-order valence-corrected chi connectivity index (χ0v) is 16.8. The van der Waals surface area contributed by atoms with E-state index in [1.807, 2.05) is 0 Å². The molecule has 1 aromatic carbocycles. The topological polar surface area (TPSA) is 105 Å². The molecule has 0 bridgehead atoms. The summed E-state index contributed by atoms with van der Waals surface area (Å²) in [7, 11) is 0. The molecule has 31 heavy (non-hydrogen) atoms. The van der Waals surface area contributed by atoms with Crippen molar-refractivity contribution in [3.05, 3.63) is 64.3 Å². The number of hydrogen-bond donors (Lipinski definition) is 1. The minimum atomic E-state index is -4.57. The molecule has 0 unspecified atom stereocenters. The monoisotopic (exact) mass is 435 g/mol. The van der Waals surface area contributed by atoms with Crippen LogP contribution in [0.1, 0.15) is 28.1 Å². The number of imide groups is 1. The Bertz CT molecular complexity index is 1040. The van der Waals surface area contributed by atoms with Crippen molar-refractivity contribution in [2.24, 2.45) is 10.7 Å².